The van der Waals surface area contributed by atoms with Crippen molar-refractivity contribution >= 4 is 33.6 Å². The second-order valence-corrected chi connectivity index (χ2v) is 4.78. The zero-order valence-corrected chi connectivity index (χ0v) is 9.85. The second kappa shape index (κ2) is 5.38. The normalized spacial score (nSPS) is 12.4. The Hall–Kier alpha value is -0.520. The van der Waals surface area contributed by atoms with Crippen LogP contribution in [0.2, 0.25) is 0 Å². The van der Waals surface area contributed by atoms with E-state index in [0.29, 0.717) is 5.75 Å². The fourth-order valence-corrected chi connectivity index (χ4v) is 1.93. The summed E-state index contributed by atoms with van der Waals surface area (Å²) in [7, 11) is 0. The Kier molecular flexibility index (Phi) is 4.44. The fourth-order valence-electron chi connectivity index (χ4n) is 0.799. The first-order valence-electron chi connectivity index (χ1n) is 4.03. The highest BCUT2D eigenvalue weighted by atomic mass is 79.9. The number of carbonyl (C=O) groups is 1. The van der Waals surface area contributed by atoms with Gasteiger partial charge in [0.1, 0.15) is 0 Å². The highest BCUT2D eigenvalue weighted by molar-refractivity contribution is 9.10. The summed E-state index contributed by atoms with van der Waals surface area (Å²) < 4.78 is 1.03. The zero-order valence-electron chi connectivity index (χ0n) is 7.44. The van der Waals surface area contributed by atoms with Gasteiger partial charge in [-0.25, -0.2) is 0 Å². The largest absolute Gasteiger partial charge is 0.368 e. The van der Waals surface area contributed by atoms with Crippen LogP contribution in [0, 0.1) is 0 Å². The second-order valence-electron chi connectivity index (χ2n) is 2.77. The summed E-state index contributed by atoms with van der Waals surface area (Å²) >= 11 is 4.86. The topological polar surface area (TPSA) is 69.1 Å². The molecule has 14 heavy (non-hydrogen) atoms. The Bertz CT molecular complexity index is 315. The maximum Gasteiger partial charge on any atom is 0.235 e. The van der Waals surface area contributed by atoms with Gasteiger partial charge in [-0.05, 0) is 24.3 Å². The van der Waals surface area contributed by atoms with E-state index in [2.05, 4.69) is 15.9 Å². The van der Waals surface area contributed by atoms with Crippen LogP contribution in [0.25, 0.3) is 0 Å². The molecule has 1 rings (SSSR count). The van der Waals surface area contributed by atoms with Gasteiger partial charge in [-0.15, -0.1) is 11.8 Å². The molecule has 1 amide bonds. The van der Waals surface area contributed by atoms with Gasteiger partial charge in [-0.1, -0.05) is 15.9 Å². The Labute approximate surface area is 95.4 Å². The van der Waals surface area contributed by atoms with Gasteiger partial charge in [0.2, 0.25) is 5.91 Å². The minimum atomic E-state index is -0.580. The third-order valence-electron chi connectivity index (χ3n) is 1.61. The number of benzene rings is 1. The minimum Gasteiger partial charge on any atom is -0.368 e. The van der Waals surface area contributed by atoms with Crippen molar-refractivity contribution in [3.8, 4) is 0 Å². The first-order chi connectivity index (χ1) is 6.59. The molecule has 5 heteroatoms. The van der Waals surface area contributed by atoms with Crippen molar-refractivity contribution in [3.05, 3.63) is 28.7 Å². The molecule has 3 nitrogen and oxygen atoms in total. The van der Waals surface area contributed by atoms with Crippen LogP contribution in [0.3, 0.4) is 0 Å². The predicted octanol–water partition coefficient (Wildman–Crippen LogP) is 1.35. The molecule has 0 heterocycles. The lowest BCUT2D eigenvalue weighted by molar-refractivity contribution is -0.118. The number of hydrogen-bond donors (Lipinski definition) is 2. The molecule has 0 spiro atoms. The molecule has 1 atom stereocenters. The summed E-state index contributed by atoms with van der Waals surface area (Å²) in [5.41, 5.74) is 10.5. The fraction of sp³-hybridized carbons (Fsp3) is 0.222. The summed E-state index contributed by atoms with van der Waals surface area (Å²) in [5, 5.41) is 0. The molecular weight excluding hydrogens is 264 g/mol. The molecule has 0 fully saturated rings. The lowest BCUT2D eigenvalue weighted by Gasteiger charge is -2.06. The van der Waals surface area contributed by atoms with Gasteiger partial charge in [0.15, 0.2) is 0 Å². The van der Waals surface area contributed by atoms with E-state index in [4.69, 9.17) is 11.5 Å². The number of amides is 1. The quantitative estimate of drug-likeness (QED) is 0.815. The number of nitrogens with two attached hydrogens (primary N) is 2. The summed E-state index contributed by atoms with van der Waals surface area (Å²) in [6, 6.07) is 7.23. The molecule has 0 aliphatic carbocycles. The van der Waals surface area contributed by atoms with Gasteiger partial charge < -0.3 is 11.5 Å². The Morgan fingerprint density at radius 3 is 2.50 bits per heavy atom. The van der Waals surface area contributed by atoms with Crippen molar-refractivity contribution < 1.29 is 4.79 Å². The van der Waals surface area contributed by atoms with Crippen molar-refractivity contribution in [2.45, 2.75) is 10.9 Å². The summed E-state index contributed by atoms with van der Waals surface area (Å²) in [5.74, 6) is 0.0476. The number of halogens is 1. The van der Waals surface area contributed by atoms with E-state index in [1.54, 1.807) is 0 Å². The molecule has 0 aliphatic rings. The molecular formula is C9H11BrN2OS. The third-order valence-corrected chi connectivity index (χ3v) is 3.27. The van der Waals surface area contributed by atoms with Crippen molar-refractivity contribution in [2.24, 2.45) is 11.5 Å². The average Bonchev–Trinajstić information content (AvgIpc) is 2.16. The van der Waals surface area contributed by atoms with Crippen LogP contribution in [-0.2, 0) is 4.79 Å². The predicted molar refractivity (Wildman–Crippen MR) is 62.0 cm³/mol. The Morgan fingerprint density at radius 2 is 2.00 bits per heavy atom. The van der Waals surface area contributed by atoms with Gasteiger partial charge in [0.05, 0.1) is 6.04 Å². The van der Waals surface area contributed by atoms with Crippen LogP contribution in [-0.4, -0.2) is 17.7 Å². The highest BCUT2D eigenvalue weighted by Gasteiger charge is 2.08. The number of thioether (sulfide) groups is 1. The molecule has 0 radical (unpaired) electrons. The lowest BCUT2D eigenvalue weighted by Crippen LogP contribution is -2.38. The highest BCUT2D eigenvalue weighted by Crippen LogP contribution is 2.20. The van der Waals surface area contributed by atoms with E-state index in [0.717, 1.165) is 9.37 Å². The van der Waals surface area contributed by atoms with E-state index >= 15 is 0 Å². The van der Waals surface area contributed by atoms with Crippen LogP contribution in [0.1, 0.15) is 0 Å². The van der Waals surface area contributed by atoms with Crippen molar-refractivity contribution in [3.63, 3.8) is 0 Å². The molecule has 0 aliphatic heterocycles. The van der Waals surface area contributed by atoms with Crippen LogP contribution in [0.5, 0.6) is 0 Å². The third kappa shape index (κ3) is 3.69. The first kappa shape index (κ1) is 11.6. The smallest absolute Gasteiger partial charge is 0.235 e. The van der Waals surface area contributed by atoms with Gasteiger partial charge in [0, 0.05) is 15.1 Å². The molecule has 0 saturated carbocycles. The monoisotopic (exact) mass is 274 g/mol. The molecule has 0 bridgehead atoms. The molecule has 76 valence electrons. The SMILES string of the molecule is NC(=O)[C@@H](N)CSc1ccc(Br)cc1. The van der Waals surface area contributed by atoms with Crippen LogP contribution >= 0.6 is 27.7 Å². The molecule has 0 saturated heterocycles. The average molecular weight is 275 g/mol. The number of carbonyl (C=O) groups excluding carboxylic acids is 1. The summed E-state index contributed by atoms with van der Waals surface area (Å²) in [6.07, 6.45) is 0. The Morgan fingerprint density at radius 1 is 1.43 bits per heavy atom. The van der Waals surface area contributed by atoms with E-state index < -0.39 is 11.9 Å². The standard InChI is InChI=1S/C9H11BrN2OS/c10-6-1-3-7(4-2-6)14-5-8(11)9(12)13/h1-4,8H,5,11H2,(H2,12,13)/t8-/m0/s1. The van der Waals surface area contributed by atoms with Gasteiger partial charge in [0.25, 0.3) is 0 Å². The summed E-state index contributed by atoms with van der Waals surface area (Å²) in [6.45, 7) is 0. The molecule has 1 aromatic carbocycles. The van der Waals surface area contributed by atoms with Gasteiger partial charge in [-0.3, -0.25) is 4.79 Å². The van der Waals surface area contributed by atoms with Gasteiger partial charge >= 0.3 is 0 Å². The van der Waals surface area contributed by atoms with Gasteiger partial charge in [-0.2, -0.15) is 0 Å². The maximum atomic E-state index is 10.7. The van der Waals surface area contributed by atoms with E-state index in [-0.39, 0.29) is 0 Å². The number of primary amides is 1. The van der Waals surface area contributed by atoms with E-state index in [1.165, 1.54) is 11.8 Å². The van der Waals surface area contributed by atoms with Crippen molar-refractivity contribution in [2.75, 3.05) is 5.75 Å². The molecule has 4 N–H and O–H groups in total. The molecule has 1 aromatic rings. The Balaban J connectivity index is 2.46. The summed E-state index contributed by atoms with van der Waals surface area (Å²) in [4.78, 5) is 11.7. The van der Waals surface area contributed by atoms with Crippen molar-refractivity contribution in [1.29, 1.82) is 0 Å². The van der Waals surface area contributed by atoms with E-state index in [1.807, 2.05) is 24.3 Å². The van der Waals surface area contributed by atoms with Crippen LogP contribution < -0.4 is 11.5 Å². The first-order valence-corrected chi connectivity index (χ1v) is 5.80. The molecule has 0 aromatic heterocycles. The zero-order chi connectivity index (χ0) is 10.6. The van der Waals surface area contributed by atoms with E-state index in [9.17, 15) is 4.79 Å². The van der Waals surface area contributed by atoms with Crippen molar-refractivity contribution in [1.82, 2.24) is 0 Å². The molecule has 0 unspecified atom stereocenters. The van der Waals surface area contributed by atoms with Crippen LogP contribution in [0.4, 0.5) is 0 Å². The lowest BCUT2D eigenvalue weighted by atomic mass is 10.3. The number of hydrogen-bond acceptors (Lipinski definition) is 3. The minimum absolute atomic E-state index is 0.463. The maximum absolute atomic E-state index is 10.7. The van der Waals surface area contributed by atoms with Crippen LogP contribution in [0.15, 0.2) is 33.6 Å². The number of rotatable bonds is 4.